The monoisotopic (exact) mass is 181 g/mol. The SMILES string of the molecule is C/C=C\C(C)NC1(C)CCCCC1. The lowest BCUT2D eigenvalue weighted by Crippen LogP contribution is -2.47. The highest BCUT2D eigenvalue weighted by molar-refractivity contribution is 4.95. The number of hydrogen-bond acceptors (Lipinski definition) is 1. The van der Waals surface area contributed by atoms with Gasteiger partial charge in [-0.3, -0.25) is 0 Å². The van der Waals surface area contributed by atoms with E-state index in [9.17, 15) is 0 Å². The number of hydrogen-bond donors (Lipinski definition) is 1. The van der Waals surface area contributed by atoms with Crippen molar-refractivity contribution in [2.75, 3.05) is 0 Å². The zero-order chi connectivity index (χ0) is 9.73. The molecular weight excluding hydrogens is 158 g/mol. The van der Waals surface area contributed by atoms with Crippen LogP contribution in [0.2, 0.25) is 0 Å². The van der Waals surface area contributed by atoms with Crippen LogP contribution in [0.5, 0.6) is 0 Å². The summed E-state index contributed by atoms with van der Waals surface area (Å²) in [5.74, 6) is 0. The Bertz CT molecular complexity index is 166. The van der Waals surface area contributed by atoms with Crippen molar-refractivity contribution in [2.45, 2.75) is 64.5 Å². The third-order valence-electron chi connectivity index (χ3n) is 3.01. The summed E-state index contributed by atoms with van der Waals surface area (Å²) in [7, 11) is 0. The quantitative estimate of drug-likeness (QED) is 0.659. The summed E-state index contributed by atoms with van der Waals surface area (Å²) in [6.45, 7) is 6.69. The fraction of sp³-hybridized carbons (Fsp3) is 0.833. The molecule has 0 heterocycles. The summed E-state index contributed by atoms with van der Waals surface area (Å²) in [5.41, 5.74) is 0.400. The smallest absolute Gasteiger partial charge is 0.0226 e. The molecule has 0 bridgehead atoms. The minimum Gasteiger partial charge on any atom is -0.306 e. The molecule has 1 heteroatoms. The van der Waals surface area contributed by atoms with E-state index in [-0.39, 0.29) is 0 Å². The Kier molecular flexibility index (Phi) is 3.98. The zero-order valence-electron chi connectivity index (χ0n) is 9.27. The highest BCUT2D eigenvalue weighted by Gasteiger charge is 2.26. The van der Waals surface area contributed by atoms with Gasteiger partial charge in [-0.2, -0.15) is 0 Å². The van der Waals surface area contributed by atoms with Gasteiger partial charge >= 0.3 is 0 Å². The fourth-order valence-electron chi connectivity index (χ4n) is 2.36. The lowest BCUT2D eigenvalue weighted by molar-refractivity contribution is 0.244. The van der Waals surface area contributed by atoms with Gasteiger partial charge in [-0.05, 0) is 33.6 Å². The molecule has 0 spiro atoms. The van der Waals surface area contributed by atoms with Crippen LogP contribution < -0.4 is 5.32 Å². The van der Waals surface area contributed by atoms with Crippen molar-refractivity contribution in [3.05, 3.63) is 12.2 Å². The first-order valence-electron chi connectivity index (χ1n) is 5.57. The zero-order valence-corrected chi connectivity index (χ0v) is 9.27. The van der Waals surface area contributed by atoms with E-state index in [0.717, 1.165) is 0 Å². The minimum atomic E-state index is 0.400. The molecule has 1 fully saturated rings. The van der Waals surface area contributed by atoms with Crippen molar-refractivity contribution in [1.29, 1.82) is 0 Å². The van der Waals surface area contributed by atoms with Gasteiger partial charge in [-0.25, -0.2) is 0 Å². The van der Waals surface area contributed by atoms with E-state index in [2.05, 4.69) is 38.2 Å². The largest absolute Gasteiger partial charge is 0.306 e. The van der Waals surface area contributed by atoms with Gasteiger partial charge in [-0.1, -0.05) is 31.4 Å². The van der Waals surface area contributed by atoms with Crippen molar-refractivity contribution in [2.24, 2.45) is 0 Å². The first-order valence-corrected chi connectivity index (χ1v) is 5.57. The van der Waals surface area contributed by atoms with Crippen molar-refractivity contribution >= 4 is 0 Å². The van der Waals surface area contributed by atoms with Crippen molar-refractivity contribution in [3.63, 3.8) is 0 Å². The average molecular weight is 181 g/mol. The molecule has 1 nitrogen and oxygen atoms in total. The van der Waals surface area contributed by atoms with Crippen LogP contribution in [0.3, 0.4) is 0 Å². The van der Waals surface area contributed by atoms with Crippen LogP contribution in [-0.2, 0) is 0 Å². The molecule has 1 rings (SSSR count). The van der Waals surface area contributed by atoms with E-state index in [0.29, 0.717) is 11.6 Å². The third-order valence-corrected chi connectivity index (χ3v) is 3.01. The molecule has 76 valence electrons. The van der Waals surface area contributed by atoms with Crippen LogP contribution in [0.25, 0.3) is 0 Å². The van der Waals surface area contributed by atoms with Gasteiger partial charge in [0.25, 0.3) is 0 Å². The summed E-state index contributed by atoms with van der Waals surface area (Å²) in [6.07, 6.45) is 11.3. The van der Waals surface area contributed by atoms with Gasteiger partial charge in [0.1, 0.15) is 0 Å². The molecule has 1 aliphatic rings. The summed E-state index contributed by atoms with van der Waals surface area (Å²) < 4.78 is 0. The second-order valence-corrected chi connectivity index (χ2v) is 4.58. The Morgan fingerprint density at radius 2 is 1.85 bits per heavy atom. The molecule has 1 atom stereocenters. The van der Waals surface area contributed by atoms with E-state index in [1.165, 1.54) is 32.1 Å². The number of rotatable bonds is 3. The van der Waals surface area contributed by atoms with Crippen molar-refractivity contribution in [1.82, 2.24) is 5.32 Å². The van der Waals surface area contributed by atoms with Crippen molar-refractivity contribution in [3.8, 4) is 0 Å². The predicted octanol–water partition coefficient (Wildman–Crippen LogP) is 3.26. The maximum atomic E-state index is 3.71. The van der Waals surface area contributed by atoms with Crippen molar-refractivity contribution < 1.29 is 0 Å². The van der Waals surface area contributed by atoms with Crippen LogP contribution in [0.15, 0.2) is 12.2 Å². The fourth-order valence-corrected chi connectivity index (χ4v) is 2.36. The second-order valence-electron chi connectivity index (χ2n) is 4.58. The molecule has 1 unspecified atom stereocenters. The molecular formula is C12H23N. The first-order chi connectivity index (χ1) is 6.16. The molecule has 0 aliphatic heterocycles. The maximum Gasteiger partial charge on any atom is 0.0226 e. The van der Waals surface area contributed by atoms with Gasteiger partial charge in [-0.15, -0.1) is 0 Å². The van der Waals surface area contributed by atoms with E-state index in [4.69, 9.17) is 0 Å². The Morgan fingerprint density at radius 1 is 1.23 bits per heavy atom. The average Bonchev–Trinajstić information content (AvgIpc) is 2.04. The number of nitrogens with one attached hydrogen (secondary N) is 1. The predicted molar refractivity (Wildman–Crippen MR) is 58.9 cm³/mol. The van der Waals surface area contributed by atoms with Gasteiger partial charge in [0.2, 0.25) is 0 Å². The Balaban J connectivity index is 2.40. The van der Waals surface area contributed by atoms with Crippen LogP contribution in [0, 0.1) is 0 Å². The van der Waals surface area contributed by atoms with Gasteiger partial charge < -0.3 is 5.32 Å². The maximum absolute atomic E-state index is 3.71. The highest BCUT2D eigenvalue weighted by atomic mass is 15.0. The molecule has 0 saturated heterocycles. The molecule has 1 aliphatic carbocycles. The lowest BCUT2D eigenvalue weighted by Gasteiger charge is -2.36. The topological polar surface area (TPSA) is 12.0 Å². The Morgan fingerprint density at radius 3 is 2.38 bits per heavy atom. The second kappa shape index (κ2) is 4.80. The Labute approximate surface area is 82.6 Å². The van der Waals surface area contributed by atoms with Crippen LogP contribution in [-0.4, -0.2) is 11.6 Å². The lowest BCUT2D eigenvalue weighted by atomic mass is 9.83. The molecule has 0 radical (unpaired) electrons. The summed E-state index contributed by atoms with van der Waals surface area (Å²) in [5, 5.41) is 3.71. The third kappa shape index (κ3) is 3.51. The van der Waals surface area contributed by atoms with E-state index in [1.807, 2.05) is 0 Å². The molecule has 0 amide bonds. The minimum absolute atomic E-state index is 0.400. The standard InChI is InChI=1S/C12H23N/c1-4-8-11(2)13-12(3)9-6-5-7-10-12/h4,8,11,13H,5-7,9-10H2,1-3H3/b8-4-. The summed E-state index contributed by atoms with van der Waals surface area (Å²) in [4.78, 5) is 0. The normalized spacial score (nSPS) is 24.8. The van der Waals surface area contributed by atoms with Gasteiger partial charge in [0, 0.05) is 11.6 Å². The van der Waals surface area contributed by atoms with E-state index in [1.54, 1.807) is 0 Å². The molecule has 1 saturated carbocycles. The molecule has 0 aromatic carbocycles. The van der Waals surface area contributed by atoms with Crippen LogP contribution in [0.4, 0.5) is 0 Å². The summed E-state index contributed by atoms with van der Waals surface area (Å²) in [6, 6.07) is 0.521. The van der Waals surface area contributed by atoms with Crippen LogP contribution >= 0.6 is 0 Å². The van der Waals surface area contributed by atoms with Crippen LogP contribution in [0.1, 0.15) is 52.9 Å². The molecule has 1 N–H and O–H groups in total. The summed E-state index contributed by atoms with van der Waals surface area (Å²) >= 11 is 0. The molecule has 0 aromatic rings. The highest BCUT2D eigenvalue weighted by Crippen LogP contribution is 2.27. The first kappa shape index (κ1) is 10.8. The molecule has 13 heavy (non-hydrogen) atoms. The van der Waals surface area contributed by atoms with E-state index >= 15 is 0 Å². The van der Waals surface area contributed by atoms with Gasteiger partial charge in [0.05, 0.1) is 0 Å². The van der Waals surface area contributed by atoms with E-state index < -0.39 is 0 Å². The van der Waals surface area contributed by atoms with Gasteiger partial charge in [0.15, 0.2) is 0 Å². The Hall–Kier alpha value is -0.300. The number of allylic oxidation sites excluding steroid dienone is 1. The molecule has 0 aromatic heterocycles.